The van der Waals surface area contributed by atoms with Crippen LogP contribution in [0.15, 0.2) is 42.0 Å². The Labute approximate surface area is 96.9 Å². The molecular weight excluding hydrogens is 200 g/mol. The number of hydrogen-bond donors (Lipinski definition) is 0. The van der Waals surface area contributed by atoms with Crippen molar-refractivity contribution in [3.63, 3.8) is 0 Å². The Morgan fingerprint density at radius 1 is 1.31 bits per heavy atom. The Bertz CT molecular complexity index is 364. The second-order valence-corrected chi connectivity index (χ2v) is 4.16. The first-order valence-corrected chi connectivity index (χ1v) is 5.49. The smallest absolute Gasteiger partial charge is 0.333 e. The highest BCUT2D eigenvalue weighted by atomic mass is 16.5. The lowest BCUT2D eigenvalue weighted by atomic mass is 10.1. The van der Waals surface area contributed by atoms with E-state index < -0.39 is 0 Å². The summed E-state index contributed by atoms with van der Waals surface area (Å²) in [6.07, 6.45) is 1.91. The molecule has 0 aliphatic carbocycles. The number of ether oxygens (including phenoxy) is 1. The molecule has 1 rings (SSSR count). The first kappa shape index (κ1) is 12.5. The van der Waals surface area contributed by atoms with E-state index >= 15 is 0 Å². The number of benzene rings is 1. The van der Waals surface area contributed by atoms with E-state index in [4.69, 9.17) is 4.74 Å². The fourth-order valence-corrected chi connectivity index (χ4v) is 1.40. The van der Waals surface area contributed by atoms with Gasteiger partial charge >= 0.3 is 5.97 Å². The first-order chi connectivity index (χ1) is 7.59. The summed E-state index contributed by atoms with van der Waals surface area (Å²) in [5, 5.41) is 0. The Morgan fingerprint density at radius 3 is 2.50 bits per heavy atom. The number of rotatable bonds is 4. The van der Waals surface area contributed by atoms with Crippen LogP contribution in [-0.2, 0) is 16.1 Å². The Balaban J connectivity index is 2.48. The van der Waals surface area contributed by atoms with Crippen LogP contribution >= 0.6 is 0 Å². The highest BCUT2D eigenvalue weighted by Crippen LogP contribution is 2.06. The van der Waals surface area contributed by atoms with Gasteiger partial charge in [0.2, 0.25) is 0 Å². The van der Waals surface area contributed by atoms with Gasteiger partial charge in [0.15, 0.2) is 0 Å². The molecular formula is C14H18O2. The van der Waals surface area contributed by atoms with E-state index in [9.17, 15) is 4.79 Å². The topological polar surface area (TPSA) is 26.3 Å². The summed E-state index contributed by atoms with van der Waals surface area (Å²) in [7, 11) is 0. The zero-order valence-corrected chi connectivity index (χ0v) is 10.1. The molecule has 1 aromatic carbocycles. The van der Waals surface area contributed by atoms with Crippen molar-refractivity contribution in [3.8, 4) is 0 Å². The van der Waals surface area contributed by atoms with Crippen molar-refractivity contribution in [2.75, 3.05) is 0 Å². The summed E-state index contributed by atoms with van der Waals surface area (Å²) in [4.78, 5) is 11.6. The van der Waals surface area contributed by atoms with E-state index in [0.717, 1.165) is 5.56 Å². The Kier molecular flexibility index (Phi) is 4.77. The molecule has 0 heterocycles. The number of allylic oxidation sites excluding steroid dienone is 1. The van der Waals surface area contributed by atoms with Crippen LogP contribution in [0.5, 0.6) is 0 Å². The average Bonchev–Trinajstić information content (AvgIpc) is 2.26. The zero-order valence-electron chi connectivity index (χ0n) is 10.1. The van der Waals surface area contributed by atoms with E-state index in [0.29, 0.717) is 18.1 Å². The van der Waals surface area contributed by atoms with Crippen LogP contribution in [0.4, 0.5) is 0 Å². The molecule has 86 valence electrons. The van der Waals surface area contributed by atoms with E-state index in [1.165, 1.54) is 0 Å². The fourth-order valence-electron chi connectivity index (χ4n) is 1.40. The Morgan fingerprint density at radius 2 is 1.94 bits per heavy atom. The summed E-state index contributed by atoms with van der Waals surface area (Å²) in [5.74, 6) is 0.127. The summed E-state index contributed by atoms with van der Waals surface area (Å²) in [6.45, 7) is 6.19. The van der Waals surface area contributed by atoms with Crippen molar-refractivity contribution in [2.45, 2.75) is 27.4 Å². The van der Waals surface area contributed by atoms with Gasteiger partial charge in [0.1, 0.15) is 6.61 Å². The van der Waals surface area contributed by atoms with E-state index in [1.54, 1.807) is 6.92 Å². The van der Waals surface area contributed by atoms with Gasteiger partial charge in [-0.25, -0.2) is 4.79 Å². The zero-order chi connectivity index (χ0) is 12.0. The predicted octanol–water partition coefficient (Wildman–Crippen LogP) is 3.33. The molecule has 0 spiro atoms. The normalized spacial score (nSPS) is 11.6. The molecule has 0 amide bonds. The number of esters is 1. The average molecular weight is 218 g/mol. The Hall–Kier alpha value is -1.57. The third-order valence-electron chi connectivity index (χ3n) is 2.12. The van der Waals surface area contributed by atoms with Crippen molar-refractivity contribution in [2.24, 2.45) is 5.92 Å². The van der Waals surface area contributed by atoms with Crippen LogP contribution in [-0.4, -0.2) is 5.97 Å². The number of carbonyl (C=O) groups excluding carboxylic acids is 1. The predicted molar refractivity (Wildman–Crippen MR) is 64.8 cm³/mol. The molecule has 0 aliphatic heterocycles. The van der Waals surface area contributed by atoms with Crippen molar-refractivity contribution >= 4 is 5.97 Å². The molecule has 0 aliphatic rings. The van der Waals surface area contributed by atoms with Crippen molar-refractivity contribution < 1.29 is 9.53 Å². The molecule has 0 N–H and O–H groups in total. The van der Waals surface area contributed by atoms with Gasteiger partial charge in [-0.3, -0.25) is 0 Å². The van der Waals surface area contributed by atoms with Crippen LogP contribution in [0.3, 0.4) is 0 Å². The maximum atomic E-state index is 11.6. The fraction of sp³-hybridized carbons (Fsp3) is 0.357. The lowest BCUT2D eigenvalue weighted by Crippen LogP contribution is -2.06. The maximum Gasteiger partial charge on any atom is 0.333 e. The SMILES string of the molecule is C/C(=C\C(C)C)C(=O)OCc1ccccc1. The molecule has 0 bridgehead atoms. The molecule has 0 unspecified atom stereocenters. The molecule has 0 atom stereocenters. The van der Waals surface area contributed by atoms with Gasteiger partial charge in [-0.1, -0.05) is 50.3 Å². The van der Waals surface area contributed by atoms with E-state index in [1.807, 2.05) is 50.3 Å². The van der Waals surface area contributed by atoms with Gasteiger partial charge in [0.05, 0.1) is 0 Å². The largest absolute Gasteiger partial charge is 0.457 e. The van der Waals surface area contributed by atoms with Crippen LogP contribution in [0.1, 0.15) is 26.3 Å². The van der Waals surface area contributed by atoms with Crippen molar-refractivity contribution in [3.05, 3.63) is 47.5 Å². The molecule has 0 radical (unpaired) electrons. The molecule has 0 saturated carbocycles. The van der Waals surface area contributed by atoms with E-state index in [-0.39, 0.29) is 5.97 Å². The lowest BCUT2D eigenvalue weighted by Gasteiger charge is -2.05. The van der Waals surface area contributed by atoms with E-state index in [2.05, 4.69) is 0 Å². The highest BCUT2D eigenvalue weighted by molar-refractivity contribution is 5.87. The minimum atomic E-state index is -0.238. The van der Waals surface area contributed by atoms with Gasteiger partial charge in [-0.15, -0.1) is 0 Å². The number of hydrogen-bond acceptors (Lipinski definition) is 2. The number of carbonyl (C=O) groups is 1. The van der Waals surface area contributed by atoms with Gasteiger partial charge in [0, 0.05) is 5.57 Å². The van der Waals surface area contributed by atoms with Crippen molar-refractivity contribution in [1.82, 2.24) is 0 Å². The van der Waals surface area contributed by atoms with Crippen LogP contribution in [0.2, 0.25) is 0 Å². The standard InChI is InChI=1S/C14H18O2/c1-11(2)9-12(3)14(15)16-10-13-7-5-4-6-8-13/h4-9,11H,10H2,1-3H3/b12-9+. The minimum absolute atomic E-state index is 0.238. The summed E-state index contributed by atoms with van der Waals surface area (Å²) >= 11 is 0. The molecule has 2 heteroatoms. The van der Waals surface area contributed by atoms with Crippen LogP contribution in [0.25, 0.3) is 0 Å². The van der Waals surface area contributed by atoms with Gasteiger partial charge in [-0.2, -0.15) is 0 Å². The minimum Gasteiger partial charge on any atom is -0.457 e. The second kappa shape index (κ2) is 6.11. The lowest BCUT2D eigenvalue weighted by molar-refractivity contribution is -0.140. The van der Waals surface area contributed by atoms with Gasteiger partial charge < -0.3 is 4.74 Å². The molecule has 0 fully saturated rings. The second-order valence-electron chi connectivity index (χ2n) is 4.16. The first-order valence-electron chi connectivity index (χ1n) is 5.49. The summed E-state index contributed by atoms with van der Waals surface area (Å²) in [5.41, 5.74) is 1.68. The van der Waals surface area contributed by atoms with Gasteiger partial charge in [0.25, 0.3) is 0 Å². The monoisotopic (exact) mass is 218 g/mol. The van der Waals surface area contributed by atoms with Crippen LogP contribution < -0.4 is 0 Å². The molecule has 16 heavy (non-hydrogen) atoms. The summed E-state index contributed by atoms with van der Waals surface area (Å²) in [6, 6.07) is 9.68. The highest BCUT2D eigenvalue weighted by Gasteiger charge is 2.06. The van der Waals surface area contributed by atoms with Gasteiger partial charge in [-0.05, 0) is 18.4 Å². The molecule has 2 nitrogen and oxygen atoms in total. The maximum absolute atomic E-state index is 11.6. The van der Waals surface area contributed by atoms with Crippen molar-refractivity contribution in [1.29, 1.82) is 0 Å². The summed E-state index contributed by atoms with van der Waals surface area (Å²) < 4.78 is 5.18. The third-order valence-corrected chi connectivity index (χ3v) is 2.12. The quantitative estimate of drug-likeness (QED) is 0.572. The molecule has 1 aromatic rings. The molecule has 0 saturated heterocycles. The van der Waals surface area contributed by atoms with Crippen LogP contribution in [0, 0.1) is 5.92 Å². The molecule has 0 aromatic heterocycles. The third kappa shape index (κ3) is 4.30.